The molecule has 25 heavy (non-hydrogen) atoms. The molecule has 3 rings (SSSR count). The lowest BCUT2D eigenvalue weighted by molar-refractivity contribution is 0.261. The molecule has 2 atom stereocenters. The number of para-hydroxylation sites is 1. The van der Waals surface area contributed by atoms with E-state index in [9.17, 15) is 0 Å². The van der Waals surface area contributed by atoms with E-state index in [2.05, 4.69) is 53.4 Å². The summed E-state index contributed by atoms with van der Waals surface area (Å²) in [6.07, 6.45) is 0.946. The zero-order chi connectivity index (χ0) is 16.8. The van der Waals surface area contributed by atoms with Crippen LogP contribution in [-0.4, -0.2) is 25.7 Å². The largest absolute Gasteiger partial charge is 0.493 e. The van der Waals surface area contributed by atoms with Gasteiger partial charge in [-0.15, -0.1) is 24.0 Å². The van der Waals surface area contributed by atoms with Crippen LogP contribution in [0.2, 0.25) is 0 Å². The summed E-state index contributed by atoms with van der Waals surface area (Å²) in [5, 5.41) is 11.3. The number of hydrogen-bond donors (Lipinski definition) is 2. The first-order valence-corrected chi connectivity index (χ1v) is 9.51. The second-order valence-corrected chi connectivity index (χ2v) is 6.83. The number of fused-ring (bicyclic) bond motifs is 1. The van der Waals surface area contributed by atoms with Crippen molar-refractivity contribution in [2.75, 3.05) is 19.7 Å². The van der Waals surface area contributed by atoms with E-state index >= 15 is 0 Å². The van der Waals surface area contributed by atoms with Crippen LogP contribution in [0.15, 0.2) is 46.1 Å². The summed E-state index contributed by atoms with van der Waals surface area (Å²) in [6.45, 7) is 6.68. The van der Waals surface area contributed by atoms with Crippen LogP contribution in [0, 0.1) is 0 Å². The molecule has 0 fully saturated rings. The minimum Gasteiger partial charge on any atom is -0.493 e. The van der Waals surface area contributed by atoms with E-state index in [0.717, 1.165) is 37.8 Å². The summed E-state index contributed by atoms with van der Waals surface area (Å²) >= 11 is 1.74. The SMILES string of the molecule is CCNC(=NCC(C)c1ccsc1)NC1CCOc2ccccc21.I. The summed E-state index contributed by atoms with van der Waals surface area (Å²) in [4.78, 5) is 4.79. The quantitative estimate of drug-likeness (QED) is 0.382. The number of nitrogens with one attached hydrogen (secondary N) is 2. The van der Waals surface area contributed by atoms with Crippen molar-refractivity contribution in [1.29, 1.82) is 0 Å². The monoisotopic (exact) mass is 471 g/mol. The number of halogens is 1. The smallest absolute Gasteiger partial charge is 0.191 e. The van der Waals surface area contributed by atoms with Gasteiger partial charge in [0.2, 0.25) is 0 Å². The molecule has 4 nitrogen and oxygen atoms in total. The number of ether oxygens (including phenoxy) is 1. The highest BCUT2D eigenvalue weighted by molar-refractivity contribution is 14.0. The van der Waals surface area contributed by atoms with Gasteiger partial charge in [-0.25, -0.2) is 0 Å². The Bertz CT molecular complexity index is 675. The van der Waals surface area contributed by atoms with Crippen molar-refractivity contribution in [3.05, 3.63) is 52.2 Å². The Labute approximate surface area is 171 Å². The van der Waals surface area contributed by atoms with Gasteiger partial charge in [-0.2, -0.15) is 11.3 Å². The van der Waals surface area contributed by atoms with E-state index in [-0.39, 0.29) is 30.0 Å². The molecular formula is C19H26IN3OS. The number of hydrogen-bond acceptors (Lipinski definition) is 3. The molecule has 0 radical (unpaired) electrons. The van der Waals surface area contributed by atoms with Crippen LogP contribution in [0.4, 0.5) is 0 Å². The molecule has 1 aromatic carbocycles. The molecule has 0 bridgehead atoms. The third kappa shape index (κ3) is 5.34. The normalized spacial score (nSPS) is 17.7. The number of thiophene rings is 1. The molecule has 0 saturated carbocycles. The highest BCUT2D eigenvalue weighted by Crippen LogP contribution is 2.31. The maximum atomic E-state index is 5.74. The molecule has 2 unspecified atom stereocenters. The first kappa shape index (κ1) is 20.0. The average molecular weight is 471 g/mol. The molecule has 2 aromatic rings. The van der Waals surface area contributed by atoms with Crippen LogP contribution in [-0.2, 0) is 0 Å². The number of aliphatic imine (C=N–C) groups is 1. The number of rotatable bonds is 5. The fourth-order valence-electron chi connectivity index (χ4n) is 2.87. The van der Waals surface area contributed by atoms with Crippen LogP contribution < -0.4 is 15.4 Å². The third-order valence-corrected chi connectivity index (χ3v) is 4.95. The highest BCUT2D eigenvalue weighted by Gasteiger charge is 2.21. The Morgan fingerprint density at radius 1 is 1.36 bits per heavy atom. The van der Waals surface area contributed by atoms with Gasteiger partial charge >= 0.3 is 0 Å². The predicted molar refractivity (Wildman–Crippen MR) is 117 cm³/mol. The molecule has 0 spiro atoms. The van der Waals surface area contributed by atoms with Crippen molar-refractivity contribution < 1.29 is 4.74 Å². The molecule has 0 saturated heterocycles. The van der Waals surface area contributed by atoms with E-state index in [1.54, 1.807) is 11.3 Å². The number of nitrogens with zero attached hydrogens (tertiary/aromatic N) is 1. The van der Waals surface area contributed by atoms with Gasteiger partial charge in [0.1, 0.15) is 5.75 Å². The molecule has 0 aliphatic carbocycles. The lowest BCUT2D eigenvalue weighted by Gasteiger charge is -2.28. The van der Waals surface area contributed by atoms with E-state index in [1.165, 1.54) is 11.1 Å². The second-order valence-electron chi connectivity index (χ2n) is 6.05. The van der Waals surface area contributed by atoms with Crippen molar-refractivity contribution in [1.82, 2.24) is 10.6 Å². The van der Waals surface area contributed by atoms with Gasteiger partial charge in [0.25, 0.3) is 0 Å². The Hall–Kier alpha value is -1.28. The second kappa shape index (κ2) is 10.0. The molecule has 2 heterocycles. The molecular weight excluding hydrogens is 445 g/mol. The molecule has 6 heteroatoms. The summed E-state index contributed by atoms with van der Waals surface area (Å²) in [5.41, 5.74) is 2.57. The minimum atomic E-state index is 0. The van der Waals surface area contributed by atoms with E-state index in [4.69, 9.17) is 9.73 Å². The molecule has 1 aliphatic rings. The first-order chi connectivity index (χ1) is 11.8. The van der Waals surface area contributed by atoms with Crippen LogP contribution in [0.25, 0.3) is 0 Å². The maximum Gasteiger partial charge on any atom is 0.191 e. The summed E-state index contributed by atoms with van der Waals surface area (Å²) in [7, 11) is 0. The van der Waals surface area contributed by atoms with Crippen LogP contribution >= 0.6 is 35.3 Å². The lowest BCUT2D eigenvalue weighted by Crippen LogP contribution is -2.41. The van der Waals surface area contributed by atoms with Gasteiger partial charge < -0.3 is 15.4 Å². The van der Waals surface area contributed by atoms with Gasteiger partial charge in [-0.3, -0.25) is 4.99 Å². The molecule has 1 aromatic heterocycles. The average Bonchev–Trinajstić information content (AvgIpc) is 3.15. The summed E-state index contributed by atoms with van der Waals surface area (Å²) < 4.78 is 5.74. The maximum absolute atomic E-state index is 5.74. The standard InChI is InChI=1S/C19H25N3OS.HI/c1-3-20-19(21-12-14(2)15-9-11-24-13-15)22-17-8-10-23-18-7-5-4-6-16(17)18;/h4-7,9,11,13-14,17H,3,8,10,12H2,1-2H3,(H2,20,21,22);1H. The van der Waals surface area contributed by atoms with Gasteiger partial charge in [-0.05, 0) is 35.4 Å². The van der Waals surface area contributed by atoms with Crippen LogP contribution in [0.1, 0.15) is 43.4 Å². The third-order valence-electron chi connectivity index (χ3n) is 4.25. The Balaban J connectivity index is 0.00000225. The molecule has 2 N–H and O–H groups in total. The first-order valence-electron chi connectivity index (χ1n) is 8.56. The Kier molecular flexibility index (Phi) is 8.02. The zero-order valence-corrected chi connectivity index (χ0v) is 17.8. The van der Waals surface area contributed by atoms with Crippen molar-refractivity contribution in [2.45, 2.75) is 32.2 Å². The highest BCUT2D eigenvalue weighted by atomic mass is 127. The Morgan fingerprint density at radius 3 is 2.96 bits per heavy atom. The lowest BCUT2D eigenvalue weighted by atomic mass is 10.0. The molecule has 0 amide bonds. The van der Waals surface area contributed by atoms with Crippen LogP contribution in [0.5, 0.6) is 5.75 Å². The topological polar surface area (TPSA) is 45.7 Å². The van der Waals surface area contributed by atoms with Gasteiger partial charge in [-0.1, -0.05) is 25.1 Å². The Morgan fingerprint density at radius 2 is 2.20 bits per heavy atom. The molecule has 136 valence electrons. The van der Waals surface area contributed by atoms with Crippen molar-refractivity contribution in [3.8, 4) is 5.75 Å². The fourth-order valence-corrected chi connectivity index (χ4v) is 3.65. The minimum absolute atomic E-state index is 0. The van der Waals surface area contributed by atoms with Gasteiger partial charge in [0.05, 0.1) is 12.6 Å². The van der Waals surface area contributed by atoms with Crippen molar-refractivity contribution in [3.63, 3.8) is 0 Å². The van der Waals surface area contributed by atoms with E-state index < -0.39 is 0 Å². The number of benzene rings is 1. The van der Waals surface area contributed by atoms with E-state index in [1.807, 2.05) is 12.1 Å². The summed E-state index contributed by atoms with van der Waals surface area (Å²) in [5.74, 6) is 2.28. The zero-order valence-electron chi connectivity index (χ0n) is 14.7. The van der Waals surface area contributed by atoms with E-state index in [0.29, 0.717) is 5.92 Å². The van der Waals surface area contributed by atoms with Crippen molar-refractivity contribution >= 4 is 41.3 Å². The van der Waals surface area contributed by atoms with Gasteiger partial charge in [0.15, 0.2) is 5.96 Å². The van der Waals surface area contributed by atoms with Crippen LogP contribution in [0.3, 0.4) is 0 Å². The van der Waals surface area contributed by atoms with Crippen molar-refractivity contribution in [2.24, 2.45) is 4.99 Å². The number of guanidine groups is 1. The molecule has 1 aliphatic heterocycles. The van der Waals surface area contributed by atoms with Gasteiger partial charge in [0, 0.05) is 31.0 Å². The fraction of sp³-hybridized carbons (Fsp3) is 0.421. The predicted octanol–water partition coefficient (Wildman–Crippen LogP) is 4.55. The summed E-state index contributed by atoms with van der Waals surface area (Å²) in [6, 6.07) is 10.7.